The molecule has 104 valence electrons. The van der Waals surface area contributed by atoms with Crippen molar-refractivity contribution in [3.05, 3.63) is 23.9 Å². The van der Waals surface area contributed by atoms with Gasteiger partial charge in [0.2, 0.25) is 0 Å². The molecule has 0 aliphatic heterocycles. The molecule has 0 spiro atoms. The Kier molecular flexibility index (Phi) is 4.58. The van der Waals surface area contributed by atoms with E-state index >= 15 is 0 Å². The van der Waals surface area contributed by atoms with Gasteiger partial charge in [0.25, 0.3) is 0 Å². The monoisotopic (exact) mass is 273 g/mol. The zero-order valence-electron chi connectivity index (χ0n) is 11.5. The third-order valence-electron chi connectivity index (χ3n) is 3.32. The second-order valence-corrected chi connectivity index (χ2v) is 7.26. The van der Waals surface area contributed by atoms with Gasteiger partial charge in [0.05, 0.1) is 5.54 Å². The fourth-order valence-corrected chi connectivity index (χ4v) is 3.69. The molecule has 3 N–H and O–H groups in total. The normalized spacial score (nSPS) is 28.5. The molecule has 6 heteroatoms. The van der Waals surface area contributed by atoms with Crippen molar-refractivity contribution < 1.29 is 8.42 Å². The molecule has 1 aliphatic carbocycles. The van der Waals surface area contributed by atoms with E-state index in [0.29, 0.717) is 12.1 Å². The lowest BCUT2D eigenvalue weighted by Crippen LogP contribution is -2.56. The van der Waals surface area contributed by atoms with Crippen LogP contribution in [0.3, 0.4) is 0 Å². The highest BCUT2D eigenvalue weighted by Gasteiger charge is 2.41. The molecule has 0 saturated carbocycles. The summed E-state index contributed by atoms with van der Waals surface area (Å²) in [5, 5.41) is 2.53. The largest absolute Gasteiger partial charge is 0.399 e. The number of hydrogen-bond donors (Lipinski definition) is 2. The molecule has 0 radical (unpaired) electrons. The third kappa shape index (κ3) is 3.34. The number of allylic oxidation sites excluding steroid dienone is 1. The first-order valence-electron chi connectivity index (χ1n) is 5.90. The van der Waals surface area contributed by atoms with Gasteiger partial charge in [-0.1, -0.05) is 6.08 Å². The summed E-state index contributed by atoms with van der Waals surface area (Å²) in [5.74, 6) is 0. The van der Waals surface area contributed by atoms with E-state index in [0.717, 1.165) is 6.54 Å². The number of sulfone groups is 1. The number of rotatable bonds is 5. The van der Waals surface area contributed by atoms with Crippen LogP contribution < -0.4 is 11.1 Å². The average molecular weight is 273 g/mol. The lowest BCUT2D eigenvalue weighted by Gasteiger charge is -2.38. The zero-order valence-corrected chi connectivity index (χ0v) is 12.3. The molecule has 5 nitrogen and oxygen atoms in total. The molecule has 1 aliphatic rings. The molecule has 0 aromatic carbocycles. The summed E-state index contributed by atoms with van der Waals surface area (Å²) in [6.07, 6.45) is 7.23. The van der Waals surface area contributed by atoms with Crippen LogP contribution in [-0.2, 0) is 9.84 Å². The molecule has 2 atom stereocenters. The van der Waals surface area contributed by atoms with Crippen molar-refractivity contribution in [2.24, 2.45) is 5.73 Å². The van der Waals surface area contributed by atoms with E-state index in [4.69, 9.17) is 5.73 Å². The summed E-state index contributed by atoms with van der Waals surface area (Å²) in [6.45, 7) is 0.797. The molecule has 0 aromatic rings. The molecule has 0 aromatic heterocycles. The van der Waals surface area contributed by atoms with Crippen LogP contribution >= 0.6 is 0 Å². The van der Waals surface area contributed by atoms with Crippen LogP contribution in [0.5, 0.6) is 0 Å². The summed E-state index contributed by atoms with van der Waals surface area (Å²) in [5.41, 5.74) is 5.64. The summed E-state index contributed by atoms with van der Waals surface area (Å²) in [6, 6.07) is 0. The molecule has 0 bridgehead atoms. The van der Waals surface area contributed by atoms with Crippen LogP contribution in [0.2, 0.25) is 0 Å². The van der Waals surface area contributed by atoms with Gasteiger partial charge in [-0.05, 0) is 46.3 Å². The van der Waals surface area contributed by atoms with Crippen LogP contribution in [0, 0.1) is 0 Å². The number of nitrogens with zero attached hydrogens (tertiary/aromatic N) is 1. The predicted molar refractivity (Wildman–Crippen MR) is 75.0 cm³/mol. The Balaban J connectivity index is 3.11. The molecule has 18 heavy (non-hydrogen) atoms. The molecular formula is C12H23N3O2S. The summed E-state index contributed by atoms with van der Waals surface area (Å²) >= 11 is 0. The average Bonchev–Trinajstić information content (AvgIpc) is 2.26. The zero-order chi connectivity index (χ0) is 14.0. The first kappa shape index (κ1) is 15.2. The minimum absolute atomic E-state index is 0.501. The van der Waals surface area contributed by atoms with Crippen molar-refractivity contribution in [1.29, 1.82) is 0 Å². The van der Waals surface area contributed by atoms with Crippen molar-refractivity contribution in [2.75, 3.05) is 33.9 Å². The predicted octanol–water partition coefficient (Wildman–Crippen LogP) is -0.278. The van der Waals surface area contributed by atoms with Gasteiger partial charge in [-0.25, -0.2) is 8.42 Å². The van der Waals surface area contributed by atoms with E-state index in [2.05, 4.69) is 5.32 Å². The fourth-order valence-electron chi connectivity index (χ4n) is 2.21. The minimum Gasteiger partial charge on any atom is -0.399 e. The number of nitrogens with two attached hydrogens (primary N) is 1. The molecule has 0 saturated heterocycles. The molecule has 1 rings (SSSR count). The van der Waals surface area contributed by atoms with Crippen molar-refractivity contribution in [3.8, 4) is 0 Å². The second-order valence-electron chi connectivity index (χ2n) is 5.09. The maximum Gasteiger partial charge on any atom is 0.156 e. The minimum atomic E-state index is -3.22. The van der Waals surface area contributed by atoms with Crippen molar-refractivity contribution >= 4 is 9.84 Å². The number of hydrogen-bond acceptors (Lipinski definition) is 5. The lowest BCUT2D eigenvalue weighted by molar-refractivity contribution is 0.320. The lowest BCUT2D eigenvalue weighted by atomic mass is 9.86. The molecule has 0 heterocycles. The van der Waals surface area contributed by atoms with E-state index < -0.39 is 20.6 Å². The standard InChI is InChI=1S/C12H23N3O2S/c1-14-12(7-8-15(2)3)6-5-10(13)9-11(12)18(4,16)17/h5-6,9,11,14H,7-8,13H2,1-4H3. The quantitative estimate of drug-likeness (QED) is 0.721. The third-order valence-corrected chi connectivity index (χ3v) is 4.80. The van der Waals surface area contributed by atoms with Crippen LogP contribution in [0.1, 0.15) is 6.42 Å². The highest BCUT2D eigenvalue weighted by molar-refractivity contribution is 7.91. The van der Waals surface area contributed by atoms with Gasteiger partial charge in [-0.2, -0.15) is 0 Å². The number of nitrogens with one attached hydrogen (secondary N) is 1. The Morgan fingerprint density at radius 2 is 2.11 bits per heavy atom. The van der Waals surface area contributed by atoms with Gasteiger partial charge < -0.3 is 16.0 Å². The van der Waals surface area contributed by atoms with E-state index in [-0.39, 0.29) is 0 Å². The molecule has 0 fully saturated rings. The van der Waals surface area contributed by atoms with Crippen LogP contribution in [0.25, 0.3) is 0 Å². The Morgan fingerprint density at radius 3 is 2.56 bits per heavy atom. The molecule has 2 unspecified atom stereocenters. The molecule has 0 amide bonds. The Bertz CT molecular complexity index is 454. The highest BCUT2D eigenvalue weighted by atomic mass is 32.2. The van der Waals surface area contributed by atoms with Crippen molar-refractivity contribution in [2.45, 2.75) is 17.2 Å². The van der Waals surface area contributed by atoms with E-state index in [9.17, 15) is 8.42 Å². The first-order valence-corrected chi connectivity index (χ1v) is 7.86. The van der Waals surface area contributed by atoms with E-state index in [1.165, 1.54) is 6.26 Å². The van der Waals surface area contributed by atoms with Gasteiger partial charge in [-0.3, -0.25) is 0 Å². The summed E-state index contributed by atoms with van der Waals surface area (Å²) in [7, 11) is 2.51. The van der Waals surface area contributed by atoms with Gasteiger partial charge in [0, 0.05) is 12.0 Å². The first-order chi connectivity index (χ1) is 8.21. The van der Waals surface area contributed by atoms with Gasteiger partial charge in [0.1, 0.15) is 5.25 Å². The van der Waals surface area contributed by atoms with Gasteiger partial charge in [0.15, 0.2) is 9.84 Å². The van der Waals surface area contributed by atoms with E-state index in [1.807, 2.05) is 25.1 Å². The van der Waals surface area contributed by atoms with Crippen LogP contribution in [0.4, 0.5) is 0 Å². The number of likely N-dealkylation sites (N-methyl/N-ethyl adjacent to an activating group) is 1. The van der Waals surface area contributed by atoms with Gasteiger partial charge >= 0.3 is 0 Å². The van der Waals surface area contributed by atoms with Crippen LogP contribution in [-0.4, -0.2) is 58.1 Å². The smallest absolute Gasteiger partial charge is 0.156 e. The second kappa shape index (κ2) is 5.42. The summed E-state index contributed by atoms with van der Waals surface area (Å²) < 4.78 is 23.9. The SMILES string of the molecule is CNC1(CCN(C)C)C=CC(N)=CC1S(C)(=O)=O. The maximum atomic E-state index is 12.0. The summed E-state index contributed by atoms with van der Waals surface area (Å²) in [4.78, 5) is 2.04. The van der Waals surface area contributed by atoms with Crippen molar-refractivity contribution in [3.63, 3.8) is 0 Å². The van der Waals surface area contributed by atoms with E-state index in [1.54, 1.807) is 19.2 Å². The van der Waals surface area contributed by atoms with Crippen molar-refractivity contribution in [1.82, 2.24) is 10.2 Å². The highest BCUT2D eigenvalue weighted by Crippen LogP contribution is 2.28. The topological polar surface area (TPSA) is 75.4 Å². The fraction of sp³-hybridized carbons (Fsp3) is 0.667. The Hall–Kier alpha value is -0.850. The van der Waals surface area contributed by atoms with Crippen LogP contribution in [0.15, 0.2) is 23.9 Å². The maximum absolute atomic E-state index is 12.0. The van der Waals surface area contributed by atoms with Gasteiger partial charge in [-0.15, -0.1) is 0 Å². The Labute approximate surface area is 110 Å². The Morgan fingerprint density at radius 1 is 1.50 bits per heavy atom. The molecular weight excluding hydrogens is 250 g/mol.